The summed E-state index contributed by atoms with van der Waals surface area (Å²) in [4.78, 5) is 16.5. The first-order valence-electron chi connectivity index (χ1n) is 10.3. The van der Waals surface area contributed by atoms with Gasteiger partial charge in [0.15, 0.2) is 0 Å². The van der Waals surface area contributed by atoms with Crippen LogP contribution in [0.2, 0.25) is 0 Å². The Morgan fingerprint density at radius 3 is 2.59 bits per heavy atom. The summed E-state index contributed by atoms with van der Waals surface area (Å²) in [7, 11) is 0. The molecule has 0 radical (unpaired) electrons. The molecular weight excluding hydrogens is 396 g/mol. The van der Waals surface area contributed by atoms with E-state index in [0.717, 1.165) is 61.5 Å². The van der Waals surface area contributed by atoms with Gasteiger partial charge in [0.25, 0.3) is 0 Å². The van der Waals surface area contributed by atoms with E-state index in [0.29, 0.717) is 0 Å². The van der Waals surface area contributed by atoms with Crippen molar-refractivity contribution in [1.82, 2.24) is 30.1 Å². The predicted molar refractivity (Wildman–Crippen MR) is 128 cm³/mol. The van der Waals surface area contributed by atoms with Crippen LogP contribution < -0.4 is 0 Å². The molecule has 6 nitrogen and oxygen atoms in total. The molecule has 0 amide bonds. The molecule has 6 heteroatoms. The maximum Gasteiger partial charge on any atom is 0.116 e. The van der Waals surface area contributed by atoms with Crippen molar-refractivity contribution in [1.29, 1.82) is 0 Å². The Morgan fingerprint density at radius 2 is 1.81 bits per heavy atom. The second-order valence-corrected chi connectivity index (χ2v) is 7.65. The lowest BCUT2D eigenvalue weighted by molar-refractivity contribution is 1.11. The minimum atomic E-state index is 0.854. The van der Waals surface area contributed by atoms with E-state index in [1.54, 1.807) is 24.7 Å². The molecule has 5 heterocycles. The Bertz CT molecular complexity index is 1460. The van der Waals surface area contributed by atoms with Crippen molar-refractivity contribution in [2.45, 2.75) is 13.8 Å². The number of aryl methyl sites for hydroxylation is 2. The molecule has 0 fully saturated rings. The van der Waals surface area contributed by atoms with Crippen molar-refractivity contribution in [3.8, 4) is 22.6 Å². The van der Waals surface area contributed by atoms with Crippen LogP contribution in [0.5, 0.6) is 0 Å². The highest BCUT2D eigenvalue weighted by Gasteiger charge is 2.17. The van der Waals surface area contributed by atoms with E-state index in [1.807, 2.05) is 36.7 Å². The predicted octanol–water partition coefficient (Wildman–Crippen LogP) is 5.64. The molecule has 0 aromatic carbocycles. The molecule has 5 aromatic heterocycles. The minimum absolute atomic E-state index is 0.854. The number of H-pyrrole nitrogens is 2. The summed E-state index contributed by atoms with van der Waals surface area (Å²) in [5.74, 6) is 0. The number of hydrogen-bond acceptors (Lipinski definition) is 4. The van der Waals surface area contributed by atoms with Crippen LogP contribution in [0.15, 0.2) is 80.0 Å². The fourth-order valence-electron chi connectivity index (χ4n) is 3.96. The zero-order valence-electron chi connectivity index (χ0n) is 17.9. The smallest absolute Gasteiger partial charge is 0.116 e. The highest BCUT2D eigenvalue weighted by atomic mass is 15.1. The van der Waals surface area contributed by atoms with Crippen molar-refractivity contribution in [2.75, 3.05) is 0 Å². The topological polar surface area (TPSA) is 83.1 Å². The molecule has 0 spiro atoms. The molecule has 0 saturated carbocycles. The third-order valence-electron chi connectivity index (χ3n) is 5.60. The lowest BCUT2D eigenvalue weighted by Gasteiger charge is -2.06. The third-order valence-corrected chi connectivity index (χ3v) is 5.60. The van der Waals surface area contributed by atoms with Crippen LogP contribution in [0, 0.1) is 13.8 Å². The van der Waals surface area contributed by atoms with Gasteiger partial charge in [-0.05, 0) is 60.9 Å². The number of allylic oxidation sites excluding steroid dienone is 2. The van der Waals surface area contributed by atoms with E-state index in [2.05, 4.69) is 62.7 Å². The van der Waals surface area contributed by atoms with E-state index in [4.69, 9.17) is 0 Å². The number of fused-ring (bicyclic) bond motifs is 1. The van der Waals surface area contributed by atoms with Crippen LogP contribution in [0.1, 0.15) is 22.4 Å². The van der Waals surface area contributed by atoms with Gasteiger partial charge in [-0.25, -0.2) is 0 Å². The van der Waals surface area contributed by atoms with Crippen LogP contribution in [0.4, 0.5) is 0 Å². The summed E-state index contributed by atoms with van der Waals surface area (Å²) in [5, 5.41) is 8.71. The monoisotopic (exact) mass is 418 g/mol. The zero-order valence-corrected chi connectivity index (χ0v) is 17.9. The van der Waals surface area contributed by atoms with E-state index in [9.17, 15) is 0 Å². The maximum atomic E-state index is 4.61. The SMILES string of the molecule is C=C/C=C(/c1ccncc1)c1cc(-c2n[nH]c3cnc(-c4cnccc4C)cc23)[nH]c1C. The average Bonchev–Trinajstić information content (AvgIpc) is 3.41. The summed E-state index contributed by atoms with van der Waals surface area (Å²) in [5.41, 5.74) is 10.0. The van der Waals surface area contributed by atoms with Crippen LogP contribution in [0.25, 0.3) is 39.1 Å². The molecule has 0 bridgehead atoms. The number of rotatable bonds is 5. The summed E-state index contributed by atoms with van der Waals surface area (Å²) in [6.45, 7) is 8.02. The maximum absolute atomic E-state index is 4.61. The van der Waals surface area contributed by atoms with Gasteiger partial charge in [0.2, 0.25) is 0 Å². The van der Waals surface area contributed by atoms with Gasteiger partial charge in [-0.3, -0.25) is 20.1 Å². The van der Waals surface area contributed by atoms with Crippen molar-refractivity contribution in [2.24, 2.45) is 0 Å². The number of nitrogens with zero attached hydrogens (tertiary/aromatic N) is 4. The second kappa shape index (κ2) is 8.07. The first-order valence-corrected chi connectivity index (χ1v) is 10.3. The molecule has 156 valence electrons. The Balaban J connectivity index is 1.63. The van der Waals surface area contributed by atoms with Gasteiger partial charge in [-0.2, -0.15) is 5.10 Å². The van der Waals surface area contributed by atoms with Crippen molar-refractivity contribution in [3.05, 3.63) is 102 Å². The van der Waals surface area contributed by atoms with Gasteiger partial charge in [-0.15, -0.1) is 0 Å². The van der Waals surface area contributed by atoms with Crippen molar-refractivity contribution in [3.63, 3.8) is 0 Å². The normalized spacial score (nSPS) is 11.8. The van der Waals surface area contributed by atoms with Crippen LogP contribution in [-0.4, -0.2) is 30.1 Å². The average molecular weight is 419 g/mol. The lowest BCUT2D eigenvalue weighted by atomic mass is 9.98. The van der Waals surface area contributed by atoms with Gasteiger partial charge in [-0.1, -0.05) is 18.7 Å². The molecule has 0 aliphatic rings. The molecule has 32 heavy (non-hydrogen) atoms. The fourth-order valence-corrected chi connectivity index (χ4v) is 3.96. The number of aromatic amines is 2. The Hall–Kier alpha value is -4.32. The molecule has 0 atom stereocenters. The molecular formula is C26H22N6. The molecule has 0 unspecified atom stereocenters. The number of pyridine rings is 3. The summed E-state index contributed by atoms with van der Waals surface area (Å²) in [6.07, 6.45) is 12.9. The largest absolute Gasteiger partial charge is 0.357 e. The highest BCUT2D eigenvalue weighted by Crippen LogP contribution is 2.33. The Morgan fingerprint density at radius 1 is 1.00 bits per heavy atom. The molecule has 5 aromatic rings. The highest BCUT2D eigenvalue weighted by molar-refractivity contribution is 5.95. The summed E-state index contributed by atoms with van der Waals surface area (Å²) in [6, 6.07) is 10.2. The fraction of sp³-hybridized carbons (Fsp3) is 0.0769. The lowest BCUT2D eigenvalue weighted by Crippen LogP contribution is -1.88. The van der Waals surface area contributed by atoms with E-state index in [-0.39, 0.29) is 0 Å². The van der Waals surface area contributed by atoms with Gasteiger partial charge < -0.3 is 4.98 Å². The van der Waals surface area contributed by atoms with Crippen molar-refractivity contribution < 1.29 is 0 Å². The first-order chi connectivity index (χ1) is 15.7. The number of hydrogen-bond donors (Lipinski definition) is 2. The molecule has 0 aliphatic carbocycles. The first kappa shape index (κ1) is 19.6. The van der Waals surface area contributed by atoms with Gasteiger partial charge in [0.05, 0.1) is 23.1 Å². The van der Waals surface area contributed by atoms with Crippen molar-refractivity contribution >= 4 is 16.5 Å². The number of nitrogens with one attached hydrogen (secondary N) is 2. The second-order valence-electron chi connectivity index (χ2n) is 7.65. The van der Waals surface area contributed by atoms with Crippen LogP contribution >= 0.6 is 0 Å². The molecule has 5 rings (SSSR count). The van der Waals surface area contributed by atoms with E-state index in [1.165, 1.54) is 0 Å². The van der Waals surface area contributed by atoms with Gasteiger partial charge in [0, 0.05) is 47.0 Å². The molecule has 0 saturated heterocycles. The van der Waals surface area contributed by atoms with Crippen LogP contribution in [-0.2, 0) is 0 Å². The van der Waals surface area contributed by atoms with Crippen LogP contribution in [0.3, 0.4) is 0 Å². The van der Waals surface area contributed by atoms with Gasteiger partial charge >= 0.3 is 0 Å². The standard InChI is InChI=1S/C26H22N6/c1-4-5-19(18-7-10-27-11-8-18)20-12-24(30-17(20)3)26-21-13-23(29-15-25(21)31-32-26)22-14-28-9-6-16(22)2/h4-15,30H,1H2,2-3H3,(H,31,32)/b19-5-. The molecule has 0 aliphatic heterocycles. The number of aromatic nitrogens is 6. The molecule has 2 N–H and O–H groups in total. The third kappa shape index (κ3) is 3.41. The minimum Gasteiger partial charge on any atom is -0.357 e. The van der Waals surface area contributed by atoms with Gasteiger partial charge in [0.1, 0.15) is 5.69 Å². The summed E-state index contributed by atoms with van der Waals surface area (Å²) >= 11 is 0. The Kier molecular flexibility index (Phi) is 4.95. The van der Waals surface area contributed by atoms with E-state index >= 15 is 0 Å². The quantitative estimate of drug-likeness (QED) is 0.362. The zero-order chi connectivity index (χ0) is 22.1. The summed E-state index contributed by atoms with van der Waals surface area (Å²) < 4.78 is 0. The van der Waals surface area contributed by atoms with E-state index < -0.39 is 0 Å². The Labute approximate surface area is 185 Å².